The fourth-order valence-corrected chi connectivity index (χ4v) is 2.92. The van der Waals surface area contributed by atoms with Crippen molar-refractivity contribution in [3.05, 3.63) is 28.8 Å². The van der Waals surface area contributed by atoms with Gasteiger partial charge in [-0.25, -0.2) is 4.79 Å². The lowest BCUT2D eigenvalue weighted by Gasteiger charge is -2.34. The van der Waals surface area contributed by atoms with Crippen LogP contribution in [0.15, 0.2) is 18.2 Å². The zero-order valence-corrected chi connectivity index (χ0v) is 14.1. The molecule has 23 heavy (non-hydrogen) atoms. The Morgan fingerprint density at radius 1 is 1.39 bits per heavy atom. The largest absolute Gasteiger partial charge is 0.394 e. The lowest BCUT2D eigenvalue weighted by molar-refractivity contribution is 0.0828. The van der Waals surface area contributed by atoms with Crippen LogP contribution in [0.5, 0.6) is 0 Å². The third-order valence-corrected chi connectivity index (χ3v) is 4.27. The Morgan fingerprint density at radius 3 is 2.74 bits per heavy atom. The van der Waals surface area contributed by atoms with Gasteiger partial charge in [-0.3, -0.25) is 4.79 Å². The van der Waals surface area contributed by atoms with E-state index in [-0.39, 0.29) is 24.6 Å². The van der Waals surface area contributed by atoms with Gasteiger partial charge in [-0.2, -0.15) is 0 Å². The first kappa shape index (κ1) is 17.6. The summed E-state index contributed by atoms with van der Waals surface area (Å²) >= 11 is 6.14. The molecule has 0 unspecified atom stereocenters. The molecule has 1 aliphatic rings. The number of piperidine rings is 1. The third kappa shape index (κ3) is 4.14. The van der Waals surface area contributed by atoms with Gasteiger partial charge in [0.1, 0.15) is 0 Å². The van der Waals surface area contributed by atoms with E-state index in [9.17, 15) is 14.7 Å². The summed E-state index contributed by atoms with van der Waals surface area (Å²) in [5.74, 6) is -0.191. The van der Waals surface area contributed by atoms with E-state index in [1.54, 1.807) is 37.2 Å². The molecule has 1 aromatic rings. The summed E-state index contributed by atoms with van der Waals surface area (Å²) in [7, 11) is 3.31. The van der Waals surface area contributed by atoms with Crippen molar-refractivity contribution in [3.8, 4) is 0 Å². The van der Waals surface area contributed by atoms with Crippen molar-refractivity contribution in [2.75, 3.05) is 32.6 Å². The number of nitrogens with one attached hydrogen (secondary N) is 1. The average molecular weight is 340 g/mol. The Hall–Kier alpha value is -1.79. The maximum Gasteiger partial charge on any atom is 0.322 e. The Balaban J connectivity index is 2.09. The van der Waals surface area contributed by atoms with Crippen LogP contribution in [0.2, 0.25) is 5.02 Å². The fraction of sp³-hybridized carbons (Fsp3) is 0.500. The molecule has 0 saturated carbocycles. The van der Waals surface area contributed by atoms with Crippen molar-refractivity contribution in [3.63, 3.8) is 0 Å². The lowest BCUT2D eigenvalue weighted by Crippen LogP contribution is -2.47. The van der Waals surface area contributed by atoms with Gasteiger partial charge in [0.2, 0.25) is 0 Å². The highest BCUT2D eigenvalue weighted by Crippen LogP contribution is 2.23. The number of aliphatic hydroxyl groups is 1. The number of hydrogen-bond donors (Lipinski definition) is 2. The normalized spacial score (nSPS) is 17.7. The maximum atomic E-state index is 12.4. The molecular weight excluding hydrogens is 318 g/mol. The predicted octanol–water partition coefficient (Wildman–Crippen LogP) is 2.42. The van der Waals surface area contributed by atoms with E-state index in [4.69, 9.17) is 11.6 Å². The zero-order valence-electron chi connectivity index (χ0n) is 13.4. The van der Waals surface area contributed by atoms with Crippen LogP contribution < -0.4 is 5.32 Å². The van der Waals surface area contributed by atoms with Gasteiger partial charge in [0.25, 0.3) is 5.91 Å². The molecule has 2 N–H and O–H groups in total. The monoisotopic (exact) mass is 339 g/mol. The number of likely N-dealkylation sites (tertiary alicyclic amines) is 1. The van der Waals surface area contributed by atoms with E-state index in [0.29, 0.717) is 22.8 Å². The number of aliphatic hydroxyl groups excluding tert-OH is 1. The molecule has 1 heterocycles. The molecule has 1 aromatic carbocycles. The van der Waals surface area contributed by atoms with E-state index in [1.807, 2.05) is 0 Å². The van der Waals surface area contributed by atoms with E-state index in [0.717, 1.165) is 19.3 Å². The summed E-state index contributed by atoms with van der Waals surface area (Å²) < 4.78 is 0. The minimum atomic E-state index is -0.258. The summed E-state index contributed by atoms with van der Waals surface area (Å²) in [4.78, 5) is 27.4. The topological polar surface area (TPSA) is 72.9 Å². The molecule has 126 valence electrons. The number of amides is 3. The molecule has 0 aliphatic carbocycles. The second-order valence-corrected chi connectivity index (χ2v) is 6.26. The van der Waals surface area contributed by atoms with Gasteiger partial charge in [0.15, 0.2) is 0 Å². The molecule has 1 aliphatic heterocycles. The quantitative estimate of drug-likeness (QED) is 0.888. The summed E-state index contributed by atoms with van der Waals surface area (Å²) in [6.07, 6.45) is 2.75. The number of benzene rings is 1. The summed E-state index contributed by atoms with van der Waals surface area (Å²) in [6, 6.07) is 4.41. The molecule has 0 bridgehead atoms. The van der Waals surface area contributed by atoms with Gasteiger partial charge in [0.05, 0.1) is 23.2 Å². The number of rotatable bonds is 3. The van der Waals surface area contributed by atoms with Crippen molar-refractivity contribution >= 4 is 29.2 Å². The van der Waals surface area contributed by atoms with Crippen LogP contribution in [-0.4, -0.2) is 60.1 Å². The number of carbonyl (C=O) groups is 2. The summed E-state index contributed by atoms with van der Waals surface area (Å²) in [5, 5.41) is 12.5. The number of anilines is 1. The van der Waals surface area contributed by atoms with Gasteiger partial charge in [0, 0.05) is 26.3 Å². The first-order valence-electron chi connectivity index (χ1n) is 7.63. The fourth-order valence-electron chi connectivity index (χ4n) is 2.66. The highest BCUT2D eigenvalue weighted by molar-refractivity contribution is 6.34. The Labute approximate surface area is 141 Å². The molecular formula is C16H22ClN3O3. The summed E-state index contributed by atoms with van der Waals surface area (Å²) in [5.41, 5.74) is 0.915. The third-order valence-electron chi connectivity index (χ3n) is 3.96. The highest BCUT2D eigenvalue weighted by atomic mass is 35.5. The van der Waals surface area contributed by atoms with E-state index < -0.39 is 0 Å². The van der Waals surface area contributed by atoms with Crippen molar-refractivity contribution in [2.24, 2.45) is 0 Å². The zero-order chi connectivity index (χ0) is 17.0. The van der Waals surface area contributed by atoms with E-state index in [1.165, 1.54) is 4.90 Å². The van der Waals surface area contributed by atoms with Crippen LogP contribution in [0.25, 0.3) is 0 Å². The van der Waals surface area contributed by atoms with Crippen LogP contribution in [0.4, 0.5) is 10.5 Å². The van der Waals surface area contributed by atoms with Gasteiger partial charge in [-0.1, -0.05) is 11.6 Å². The number of carbonyl (C=O) groups excluding carboxylic acids is 2. The predicted molar refractivity (Wildman–Crippen MR) is 89.9 cm³/mol. The van der Waals surface area contributed by atoms with Crippen molar-refractivity contribution in [1.29, 1.82) is 0 Å². The van der Waals surface area contributed by atoms with Gasteiger partial charge < -0.3 is 20.2 Å². The lowest BCUT2D eigenvalue weighted by atomic mass is 10.0. The van der Waals surface area contributed by atoms with E-state index >= 15 is 0 Å². The van der Waals surface area contributed by atoms with Crippen LogP contribution >= 0.6 is 11.6 Å². The molecule has 0 spiro atoms. The van der Waals surface area contributed by atoms with Gasteiger partial charge >= 0.3 is 6.03 Å². The molecule has 1 atom stereocenters. The molecule has 1 saturated heterocycles. The SMILES string of the molecule is CN(C)C(=O)c1ccc(NC(=O)N2CCCC[C@H]2CO)cc1Cl. The number of halogens is 1. The molecule has 2 rings (SSSR count). The minimum Gasteiger partial charge on any atom is -0.394 e. The van der Waals surface area contributed by atoms with Gasteiger partial charge in [-0.05, 0) is 37.5 Å². The molecule has 7 heteroatoms. The maximum absolute atomic E-state index is 12.4. The Kier molecular flexibility index (Phi) is 5.85. The minimum absolute atomic E-state index is 0.0373. The van der Waals surface area contributed by atoms with Crippen molar-refractivity contribution in [1.82, 2.24) is 9.80 Å². The highest BCUT2D eigenvalue weighted by Gasteiger charge is 2.26. The van der Waals surface area contributed by atoms with Crippen molar-refractivity contribution < 1.29 is 14.7 Å². The second-order valence-electron chi connectivity index (χ2n) is 5.85. The van der Waals surface area contributed by atoms with E-state index in [2.05, 4.69) is 5.32 Å². The average Bonchev–Trinajstić information content (AvgIpc) is 2.54. The molecule has 3 amide bonds. The van der Waals surface area contributed by atoms with Crippen molar-refractivity contribution in [2.45, 2.75) is 25.3 Å². The molecule has 0 aromatic heterocycles. The second kappa shape index (κ2) is 7.66. The number of hydrogen-bond acceptors (Lipinski definition) is 3. The van der Waals surface area contributed by atoms with Crippen LogP contribution in [0, 0.1) is 0 Å². The Morgan fingerprint density at radius 2 is 2.13 bits per heavy atom. The Bertz CT molecular complexity index is 592. The van der Waals surface area contributed by atoms with Gasteiger partial charge in [-0.15, -0.1) is 0 Å². The standard InChI is InChI=1S/C16H22ClN3O3/c1-19(2)15(22)13-7-6-11(9-14(13)17)18-16(23)20-8-4-3-5-12(20)10-21/h6-7,9,12,21H,3-5,8,10H2,1-2H3,(H,18,23)/t12-/m0/s1. The number of urea groups is 1. The van der Waals surface area contributed by atoms with Crippen LogP contribution in [0.3, 0.4) is 0 Å². The molecule has 6 nitrogen and oxygen atoms in total. The smallest absolute Gasteiger partial charge is 0.322 e. The summed E-state index contributed by atoms with van der Waals surface area (Å²) in [6.45, 7) is 0.590. The first-order chi connectivity index (χ1) is 10.9. The molecule has 0 radical (unpaired) electrons. The van der Waals surface area contributed by atoms with Crippen LogP contribution in [0.1, 0.15) is 29.6 Å². The number of nitrogens with zero attached hydrogens (tertiary/aromatic N) is 2. The van der Waals surface area contributed by atoms with Crippen LogP contribution in [-0.2, 0) is 0 Å². The first-order valence-corrected chi connectivity index (χ1v) is 8.01. The molecule has 1 fully saturated rings.